The lowest BCUT2D eigenvalue weighted by Crippen LogP contribution is -2.30. The van der Waals surface area contributed by atoms with E-state index < -0.39 is 0 Å². The van der Waals surface area contributed by atoms with Crippen LogP contribution in [0.3, 0.4) is 0 Å². The summed E-state index contributed by atoms with van der Waals surface area (Å²) < 4.78 is 0. The zero-order valence-electron chi connectivity index (χ0n) is 14.3. The Morgan fingerprint density at radius 1 is 1.27 bits per heavy atom. The molecule has 0 saturated heterocycles. The monoisotopic (exact) mass is 301 g/mol. The van der Waals surface area contributed by atoms with E-state index in [1.807, 2.05) is 0 Å². The Hall–Kier alpha value is -1.23. The van der Waals surface area contributed by atoms with Crippen LogP contribution in [0.4, 0.5) is 0 Å². The van der Waals surface area contributed by atoms with Crippen LogP contribution in [0.25, 0.3) is 0 Å². The summed E-state index contributed by atoms with van der Waals surface area (Å²) in [5.41, 5.74) is 1.12. The van der Waals surface area contributed by atoms with E-state index in [2.05, 4.69) is 30.7 Å². The van der Waals surface area contributed by atoms with Crippen LogP contribution in [0.1, 0.15) is 71.6 Å². The first-order chi connectivity index (χ1) is 10.6. The topological polar surface area (TPSA) is 29.1 Å². The van der Waals surface area contributed by atoms with Gasteiger partial charge in [0.15, 0.2) is 0 Å². The molecule has 1 saturated carbocycles. The van der Waals surface area contributed by atoms with E-state index in [0.29, 0.717) is 6.42 Å². The standard InChI is InChI=1S/C20H31NO/c1-4-9-17(14-16(3)22)21-15(2)12-13-20-18-10-7-5-6-8-11-19(18)20/h17-21H,2,4,7-14H2,1,3H3. The Kier molecular flexibility index (Phi) is 6.55. The second-order valence-corrected chi connectivity index (χ2v) is 7.10. The van der Waals surface area contributed by atoms with Crippen molar-refractivity contribution in [2.75, 3.05) is 0 Å². The minimum absolute atomic E-state index is 0.263. The third kappa shape index (κ3) is 5.20. The maximum atomic E-state index is 11.3. The lowest BCUT2D eigenvalue weighted by molar-refractivity contribution is -0.117. The molecule has 2 aliphatic rings. The molecule has 2 nitrogen and oxygen atoms in total. The molecule has 3 unspecified atom stereocenters. The molecule has 3 atom stereocenters. The van der Waals surface area contributed by atoms with E-state index in [1.165, 1.54) is 19.3 Å². The van der Waals surface area contributed by atoms with Crippen molar-refractivity contribution >= 4 is 5.78 Å². The third-order valence-corrected chi connectivity index (χ3v) is 5.20. The maximum Gasteiger partial charge on any atom is 0.131 e. The molecule has 0 bridgehead atoms. The molecule has 0 radical (unpaired) electrons. The summed E-state index contributed by atoms with van der Waals surface area (Å²) in [5.74, 6) is 9.55. The predicted octanol–water partition coefficient (Wildman–Crippen LogP) is 4.46. The van der Waals surface area contributed by atoms with Crippen molar-refractivity contribution in [1.29, 1.82) is 0 Å². The van der Waals surface area contributed by atoms with E-state index in [0.717, 1.165) is 55.6 Å². The van der Waals surface area contributed by atoms with Gasteiger partial charge in [-0.2, -0.15) is 0 Å². The number of hydrogen-bond acceptors (Lipinski definition) is 2. The highest BCUT2D eigenvalue weighted by molar-refractivity contribution is 5.76. The number of ketones is 1. The number of carbonyl (C=O) groups is 1. The van der Waals surface area contributed by atoms with Gasteiger partial charge in [-0.05, 0) is 56.8 Å². The van der Waals surface area contributed by atoms with Gasteiger partial charge in [0.1, 0.15) is 5.78 Å². The van der Waals surface area contributed by atoms with Crippen molar-refractivity contribution in [1.82, 2.24) is 5.32 Å². The Morgan fingerprint density at radius 3 is 2.45 bits per heavy atom. The average molecular weight is 301 g/mol. The minimum atomic E-state index is 0.263. The van der Waals surface area contributed by atoms with Crippen LogP contribution in [-0.2, 0) is 4.79 Å². The van der Waals surface area contributed by atoms with E-state index >= 15 is 0 Å². The molecule has 1 fully saturated rings. The zero-order chi connectivity index (χ0) is 15.9. The fraction of sp³-hybridized carbons (Fsp3) is 0.750. The van der Waals surface area contributed by atoms with Crippen molar-refractivity contribution in [3.8, 4) is 11.8 Å². The molecular formula is C20H31NO. The van der Waals surface area contributed by atoms with E-state index in [-0.39, 0.29) is 11.8 Å². The number of nitrogens with one attached hydrogen (secondary N) is 1. The van der Waals surface area contributed by atoms with Gasteiger partial charge in [0.25, 0.3) is 0 Å². The van der Waals surface area contributed by atoms with Crippen molar-refractivity contribution in [2.24, 2.45) is 17.8 Å². The van der Waals surface area contributed by atoms with Gasteiger partial charge in [0.2, 0.25) is 0 Å². The van der Waals surface area contributed by atoms with Crippen molar-refractivity contribution in [3.63, 3.8) is 0 Å². The molecule has 0 aromatic rings. The van der Waals surface area contributed by atoms with Crippen LogP contribution in [0.5, 0.6) is 0 Å². The molecule has 2 rings (SSSR count). The highest BCUT2D eigenvalue weighted by Crippen LogP contribution is 2.54. The Labute approximate surface area is 136 Å². The molecule has 0 aliphatic heterocycles. The van der Waals surface area contributed by atoms with Crippen LogP contribution in [0.15, 0.2) is 12.3 Å². The van der Waals surface area contributed by atoms with Crippen LogP contribution in [0, 0.1) is 29.6 Å². The molecule has 0 spiro atoms. The molecule has 0 aromatic carbocycles. The fourth-order valence-corrected chi connectivity index (χ4v) is 4.09. The molecule has 2 aliphatic carbocycles. The number of Topliss-reactive ketones (excluding diaryl/α,β-unsaturated/α-hetero) is 1. The van der Waals surface area contributed by atoms with Gasteiger partial charge in [-0.1, -0.05) is 19.9 Å². The summed E-state index contributed by atoms with van der Waals surface area (Å²) in [6.45, 7) is 8.03. The Morgan fingerprint density at radius 2 is 1.91 bits per heavy atom. The summed E-state index contributed by atoms with van der Waals surface area (Å²) in [4.78, 5) is 11.3. The molecule has 22 heavy (non-hydrogen) atoms. The van der Waals surface area contributed by atoms with Crippen molar-refractivity contribution in [3.05, 3.63) is 12.3 Å². The fourth-order valence-electron chi connectivity index (χ4n) is 4.09. The normalized spacial score (nSPS) is 27.5. The third-order valence-electron chi connectivity index (χ3n) is 5.20. The quantitative estimate of drug-likeness (QED) is 0.637. The molecule has 0 amide bonds. The molecule has 0 aromatic heterocycles. The van der Waals surface area contributed by atoms with Gasteiger partial charge in [-0.3, -0.25) is 4.79 Å². The molecule has 122 valence electrons. The smallest absolute Gasteiger partial charge is 0.131 e. The van der Waals surface area contributed by atoms with Gasteiger partial charge >= 0.3 is 0 Å². The lowest BCUT2D eigenvalue weighted by atomic mass is 10.0. The van der Waals surface area contributed by atoms with Gasteiger partial charge in [-0.25, -0.2) is 0 Å². The van der Waals surface area contributed by atoms with Crippen molar-refractivity contribution in [2.45, 2.75) is 77.7 Å². The first-order valence-electron chi connectivity index (χ1n) is 9.01. The number of fused-ring (bicyclic) bond motifs is 1. The predicted molar refractivity (Wildman–Crippen MR) is 92.2 cm³/mol. The summed E-state index contributed by atoms with van der Waals surface area (Å²) >= 11 is 0. The molecule has 0 heterocycles. The van der Waals surface area contributed by atoms with Crippen molar-refractivity contribution < 1.29 is 4.79 Å². The molecule has 1 N–H and O–H groups in total. The summed E-state index contributed by atoms with van der Waals surface area (Å²) in [6, 6.07) is 0.274. The van der Waals surface area contributed by atoms with Gasteiger partial charge < -0.3 is 5.32 Å². The number of carbonyl (C=O) groups excluding carboxylic acids is 1. The Bertz CT molecular complexity index is 438. The zero-order valence-corrected chi connectivity index (χ0v) is 14.3. The van der Waals surface area contributed by atoms with Gasteiger partial charge in [0.05, 0.1) is 0 Å². The van der Waals surface area contributed by atoms with Gasteiger partial charge in [0, 0.05) is 31.0 Å². The summed E-state index contributed by atoms with van der Waals surface area (Å²) in [5, 5.41) is 3.50. The van der Waals surface area contributed by atoms with Crippen LogP contribution in [0.2, 0.25) is 0 Å². The number of rotatable bonds is 9. The lowest BCUT2D eigenvalue weighted by Gasteiger charge is -2.20. The Balaban J connectivity index is 1.70. The average Bonchev–Trinajstić information content (AvgIpc) is 3.06. The maximum absolute atomic E-state index is 11.3. The van der Waals surface area contributed by atoms with E-state index in [9.17, 15) is 4.79 Å². The first-order valence-corrected chi connectivity index (χ1v) is 9.01. The SMILES string of the molecule is C=C(CCC1C2CCC#CCCC21)NC(CCC)CC(C)=O. The summed E-state index contributed by atoms with van der Waals surface area (Å²) in [7, 11) is 0. The second kappa shape index (κ2) is 8.42. The second-order valence-electron chi connectivity index (χ2n) is 7.10. The van der Waals surface area contributed by atoms with Crippen LogP contribution in [-0.4, -0.2) is 11.8 Å². The first kappa shape index (κ1) is 17.1. The summed E-state index contributed by atoms with van der Waals surface area (Å²) in [6.07, 6.45) is 9.85. The number of hydrogen-bond donors (Lipinski definition) is 1. The van der Waals surface area contributed by atoms with Gasteiger partial charge in [-0.15, -0.1) is 11.8 Å². The number of allylic oxidation sites excluding steroid dienone is 1. The van der Waals surface area contributed by atoms with Crippen LogP contribution >= 0.6 is 0 Å². The molecule has 2 heteroatoms. The molecular weight excluding hydrogens is 270 g/mol. The highest BCUT2D eigenvalue weighted by Gasteiger charge is 2.47. The highest BCUT2D eigenvalue weighted by atomic mass is 16.1. The van der Waals surface area contributed by atoms with E-state index in [4.69, 9.17) is 0 Å². The minimum Gasteiger partial charge on any atom is -0.386 e. The van der Waals surface area contributed by atoms with Crippen LogP contribution < -0.4 is 5.32 Å². The van der Waals surface area contributed by atoms with E-state index in [1.54, 1.807) is 6.92 Å². The largest absolute Gasteiger partial charge is 0.386 e.